The zero-order valence-electron chi connectivity index (χ0n) is 22.9. The normalized spacial score (nSPS) is 15.4. The Labute approximate surface area is 235 Å². The molecule has 38 heavy (non-hydrogen) atoms. The molecule has 4 N–H and O–H groups in total. The van der Waals surface area contributed by atoms with E-state index in [9.17, 15) is 5.26 Å². The molecule has 0 spiro atoms. The molecule has 1 aromatic heterocycles. The van der Waals surface area contributed by atoms with E-state index in [0.717, 1.165) is 28.0 Å². The van der Waals surface area contributed by atoms with Crippen molar-refractivity contribution in [2.45, 2.75) is 52.5 Å². The van der Waals surface area contributed by atoms with E-state index in [1.54, 1.807) is 6.20 Å². The van der Waals surface area contributed by atoms with E-state index in [1.165, 1.54) is 0 Å². The van der Waals surface area contributed by atoms with Gasteiger partial charge in [0.15, 0.2) is 0 Å². The number of rotatable bonds is 6. The Hall–Kier alpha value is -3.12. The molecule has 1 atom stereocenters. The summed E-state index contributed by atoms with van der Waals surface area (Å²) in [5.41, 5.74) is 10.0. The second-order valence-corrected chi connectivity index (χ2v) is 12.8. The van der Waals surface area contributed by atoms with Gasteiger partial charge in [-0.05, 0) is 49.9 Å². The third kappa shape index (κ3) is 5.66. The molecule has 1 aliphatic rings. The highest BCUT2D eigenvalue weighted by Gasteiger charge is 2.37. The summed E-state index contributed by atoms with van der Waals surface area (Å²) in [4.78, 5) is 4.50. The van der Waals surface area contributed by atoms with Gasteiger partial charge in [-0.3, -0.25) is 9.99 Å². The third-order valence-corrected chi connectivity index (χ3v) is 7.10. The number of halogens is 2. The van der Waals surface area contributed by atoms with Gasteiger partial charge >= 0.3 is 0 Å². The number of hydrogen-bond donors (Lipinski definition) is 4. The highest BCUT2D eigenvalue weighted by atomic mass is 35.5. The molecule has 0 saturated carbocycles. The number of hydrazine groups is 2. The lowest BCUT2D eigenvalue weighted by atomic mass is 9.69. The third-order valence-electron chi connectivity index (χ3n) is 6.48. The predicted molar refractivity (Wildman–Crippen MR) is 161 cm³/mol. The van der Waals surface area contributed by atoms with E-state index in [-0.39, 0.29) is 11.0 Å². The van der Waals surface area contributed by atoms with Crippen LogP contribution < -0.4 is 21.6 Å². The minimum absolute atomic E-state index is 0.0111. The van der Waals surface area contributed by atoms with Crippen molar-refractivity contribution in [2.75, 3.05) is 17.2 Å². The molecule has 0 amide bonds. The first kappa shape index (κ1) is 27.9. The number of benzene rings is 2. The number of fused-ring (bicyclic) bond motifs is 1. The standard InChI is InChI=1S/C28H34BCl2N7/c1-26(2,3)16-34-24-17(13-32)14-33-25-19(24)11-18(12-22(25)31)35-28(29,20-9-7-8-10-21(20)30)23-15-38(37-36-23)27(4,5)6/h7-12,14-15,35-37H,16,29H2,1-6H3,(H,33,34). The fraction of sp³-hybridized carbons (Fsp3) is 0.357. The number of nitriles is 1. The van der Waals surface area contributed by atoms with Crippen LogP contribution in [0.15, 0.2) is 54.5 Å². The van der Waals surface area contributed by atoms with Crippen molar-refractivity contribution in [3.05, 3.63) is 75.7 Å². The quantitative estimate of drug-likeness (QED) is 0.292. The van der Waals surface area contributed by atoms with Gasteiger partial charge in [-0.25, -0.2) is 0 Å². The Bertz CT molecular complexity index is 1440. The largest absolute Gasteiger partial charge is 0.383 e. The van der Waals surface area contributed by atoms with E-state index < -0.39 is 5.44 Å². The minimum Gasteiger partial charge on any atom is -0.383 e. The van der Waals surface area contributed by atoms with E-state index >= 15 is 0 Å². The molecular weight excluding hydrogens is 516 g/mol. The van der Waals surface area contributed by atoms with Gasteiger partial charge < -0.3 is 16.1 Å². The van der Waals surface area contributed by atoms with Gasteiger partial charge in [-0.1, -0.05) is 62.2 Å². The molecule has 0 radical (unpaired) electrons. The first-order valence-corrected chi connectivity index (χ1v) is 13.3. The number of anilines is 2. The topological polar surface area (TPSA) is 88.0 Å². The zero-order valence-corrected chi connectivity index (χ0v) is 24.4. The minimum atomic E-state index is -0.762. The van der Waals surface area contributed by atoms with Gasteiger partial charge in [0.25, 0.3) is 0 Å². The molecule has 2 heterocycles. The molecular formula is C28H34BCl2N7. The van der Waals surface area contributed by atoms with Crippen LogP contribution in [0.5, 0.6) is 0 Å². The van der Waals surface area contributed by atoms with Crippen LogP contribution in [0, 0.1) is 16.7 Å². The summed E-state index contributed by atoms with van der Waals surface area (Å²) in [7, 11) is 2.07. The second-order valence-electron chi connectivity index (χ2n) is 12.0. The SMILES string of the molecule is BC(Nc1cc(Cl)c2ncc(C#N)c(NCC(C)(C)C)c2c1)(C1=CN(C(C)(C)C)NN1)c1ccccc1Cl. The van der Waals surface area contributed by atoms with Gasteiger partial charge in [-0.2, -0.15) is 5.26 Å². The Kier molecular flexibility index (Phi) is 7.50. The molecule has 1 aliphatic heterocycles. The van der Waals surface area contributed by atoms with Crippen LogP contribution in [0.1, 0.15) is 52.7 Å². The van der Waals surface area contributed by atoms with Crippen LogP contribution in [0.2, 0.25) is 10.0 Å². The average molecular weight is 550 g/mol. The lowest BCUT2D eigenvalue weighted by Gasteiger charge is -2.34. The van der Waals surface area contributed by atoms with Crippen LogP contribution in [-0.4, -0.2) is 29.9 Å². The molecule has 2 aromatic carbocycles. The smallest absolute Gasteiger partial charge is 0.148 e. The lowest BCUT2D eigenvalue weighted by molar-refractivity contribution is 0.138. The number of pyridine rings is 1. The summed E-state index contributed by atoms with van der Waals surface area (Å²) in [6.07, 6.45) is 3.62. The average Bonchev–Trinajstić information content (AvgIpc) is 3.34. The molecule has 198 valence electrons. The summed E-state index contributed by atoms with van der Waals surface area (Å²) in [6, 6.07) is 13.9. The number of nitrogens with zero attached hydrogens (tertiary/aromatic N) is 3. The van der Waals surface area contributed by atoms with Crippen molar-refractivity contribution in [1.82, 2.24) is 21.0 Å². The summed E-state index contributed by atoms with van der Waals surface area (Å²) in [6.45, 7) is 13.5. The first-order chi connectivity index (χ1) is 17.7. The fourth-order valence-corrected chi connectivity index (χ4v) is 4.92. The van der Waals surface area contributed by atoms with Gasteiger partial charge in [0.1, 0.15) is 13.9 Å². The lowest BCUT2D eigenvalue weighted by Crippen LogP contribution is -2.49. The fourth-order valence-electron chi connectivity index (χ4n) is 4.33. The van der Waals surface area contributed by atoms with E-state index in [4.69, 9.17) is 23.2 Å². The van der Waals surface area contributed by atoms with Crippen molar-refractivity contribution in [3.63, 3.8) is 0 Å². The van der Waals surface area contributed by atoms with Gasteiger partial charge in [-0.15, -0.1) is 5.53 Å². The van der Waals surface area contributed by atoms with Gasteiger partial charge in [0, 0.05) is 40.6 Å². The monoisotopic (exact) mass is 549 g/mol. The zero-order chi connectivity index (χ0) is 27.9. The summed E-state index contributed by atoms with van der Waals surface area (Å²) < 4.78 is 0. The van der Waals surface area contributed by atoms with Crippen LogP contribution in [0.3, 0.4) is 0 Å². The van der Waals surface area contributed by atoms with Crippen molar-refractivity contribution >= 4 is 53.3 Å². The summed E-state index contributed by atoms with van der Waals surface area (Å²) in [5.74, 6) is 0. The highest BCUT2D eigenvalue weighted by Crippen LogP contribution is 2.39. The highest BCUT2D eigenvalue weighted by molar-refractivity contribution is 6.36. The van der Waals surface area contributed by atoms with E-state index in [2.05, 4.69) is 82.0 Å². The number of nitrogens with one attached hydrogen (secondary N) is 4. The van der Waals surface area contributed by atoms with Crippen LogP contribution in [-0.2, 0) is 5.44 Å². The van der Waals surface area contributed by atoms with Crippen LogP contribution in [0.25, 0.3) is 10.9 Å². The van der Waals surface area contributed by atoms with Gasteiger partial charge in [0.2, 0.25) is 0 Å². The molecule has 0 saturated heterocycles. The molecule has 7 nitrogen and oxygen atoms in total. The van der Waals surface area contributed by atoms with Crippen molar-refractivity contribution in [3.8, 4) is 6.07 Å². The summed E-state index contributed by atoms with van der Waals surface area (Å²) >= 11 is 13.5. The van der Waals surface area contributed by atoms with Crippen LogP contribution in [0.4, 0.5) is 11.4 Å². The molecule has 0 aliphatic carbocycles. The first-order valence-electron chi connectivity index (χ1n) is 12.6. The summed E-state index contributed by atoms with van der Waals surface area (Å²) in [5, 5.41) is 20.9. The molecule has 3 aromatic rings. The maximum absolute atomic E-state index is 9.83. The maximum Gasteiger partial charge on any atom is 0.148 e. The van der Waals surface area contributed by atoms with Crippen molar-refractivity contribution in [2.24, 2.45) is 5.41 Å². The number of aromatic nitrogens is 1. The molecule has 0 fully saturated rings. The van der Waals surface area contributed by atoms with E-state index in [0.29, 0.717) is 27.7 Å². The molecule has 0 bridgehead atoms. The van der Waals surface area contributed by atoms with Crippen molar-refractivity contribution < 1.29 is 0 Å². The van der Waals surface area contributed by atoms with Crippen molar-refractivity contribution in [1.29, 1.82) is 5.26 Å². The van der Waals surface area contributed by atoms with Gasteiger partial charge in [0.05, 0.1) is 32.9 Å². The Morgan fingerprint density at radius 2 is 1.79 bits per heavy atom. The second kappa shape index (κ2) is 10.2. The molecule has 1 unspecified atom stereocenters. The van der Waals surface area contributed by atoms with Crippen LogP contribution >= 0.6 is 23.2 Å². The Morgan fingerprint density at radius 1 is 1.08 bits per heavy atom. The Balaban J connectivity index is 1.86. The molecule has 4 rings (SSSR count). The van der Waals surface area contributed by atoms with E-state index in [1.807, 2.05) is 47.6 Å². The Morgan fingerprint density at radius 3 is 2.39 bits per heavy atom. The maximum atomic E-state index is 9.83. The number of hydrogen-bond acceptors (Lipinski definition) is 7. The molecule has 10 heteroatoms. The predicted octanol–water partition coefficient (Wildman–Crippen LogP) is 5.73.